The lowest BCUT2D eigenvalue weighted by Gasteiger charge is -2.27. The number of nitrogens with one attached hydrogen (secondary N) is 1. The molecule has 200 valence electrons. The van der Waals surface area contributed by atoms with Crippen molar-refractivity contribution in [3.63, 3.8) is 0 Å². The molecule has 3 heterocycles. The Bertz CT molecular complexity index is 1560. The van der Waals surface area contributed by atoms with Gasteiger partial charge in [-0.1, -0.05) is 42.5 Å². The number of carbonyl (C=O) groups is 1. The normalized spacial score (nSPS) is 13.0. The minimum absolute atomic E-state index is 0. The average Bonchev–Trinajstić information content (AvgIpc) is 3.53. The number of thiophene rings is 1. The molecule has 0 spiro atoms. The summed E-state index contributed by atoms with van der Waals surface area (Å²) < 4.78 is 11.9. The molecule has 9 heteroatoms. The van der Waals surface area contributed by atoms with Crippen LogP contribution in [0.4, 0.5) is 5.00 Å². The van der Waals surface area contributed by atoms with Gasteiger partial charge in [-0.05, 0) is 41.8 Å². The van der Waals surface area contributed by atoms with E-state index < -0.39 is 0 Å². The summed E-state index contributed by atoms with van der Waals surface area (Å²) in [6.45, 7) is 2.70. The van der Waals surface area contributed by atoms with Crippen LogP contribution in [0.5, 0.6) is 11.5 Å². The van der Waals surface area contributed by atoms with E-state index in [1.807, 2.05) is 24.3 Å². The van der Waals surface area contributed by atoms with Gasteiger partial charge in [-0.25, -0.2) is 4.98 Å². The predicted octanol–water partition coefficient (Wildman–Crippen LogP) is 7.27. The zero-order chi connectivity index (χ0) is 26.1. The van der Waals surface area contributed by atoms with E-state index in [2.05, 4.69) is 40.5 Å². The molecule has 0 saturated carbocycles. The number of halogens is 1. The van der Waals surface area contributed by atoms with Crippen LogP contribution >= 0.6 is 35.1 Å². The van der Waals surface area contributed by atoms with Gasteiger partial charge in [0, 0.05) is 41.7 Å². The molecule has 1 aliphatic rings. The summed E-state index contributed by atoms with van der Waals surface area (Å²) in [5.74, 6) is 0.940. The largest absolute Gasteiger partial charge is 0.497 e. The van der Waals surface area contributed by atoms with Crippen LogP contribution in [0.15, 0.2) is 72.8 Å². The third-order valence-corrected chi connectivity index (χ3v) is 8.92. The molecule has 0 saturated heterocycles. The zero-order valence-electron chi connectivity index (χ0n) is 21.6. The maximum atomic E-state index is 13.5. The first-order valence-electron chi connectivity index (χ1n) is 12.4. The Morgan fingerprint density at radius 2 is 1.69 bits per heavy atom. The molecule has 0 aliphatic carbocycles. The summed E-state index contributed by atoms with van der Waals surface area (Å²) in [7, 11) is 3.16. The van der Waals surface area contributed by atoms with Gasteiger partial charge in [0.1, 0.15) is 21.5 Å². The van der Waals surface area contributed by atoms with Crippen molar-refractivity contribution < 1.29 is 14.3 Å². The average molecular weight is 578 g/mol. The first-order valence-corrected chi connectivity index (χ1v) is 14.1. The van der Waals surface area contributed by atoms with Gasteiger partial charge in [0.05, 0.1) is 24.4 Å². The second kappa shape index (κ2) is 11.8. The van der Waals surface area contributed by atoms with Gasteiger partial charge in [-0.15, -0.1) is 35.1 Å². The fraction of sp³-hybridized carbons (Fsp3) is 0.200. The number of carbonyl (C=O) groups excluding carboxylic acids is 1. The molecule has 0 atom stereocenters. The lowest BCUT2D eigenvalue weighted by molar-refractivity contribution is 0.102. The van der Waals surface area contributed by atoms with Gasteiger partial charge in [0.25, 0.3) is 5.91 Å². The van der Waals surface area contributed by atoms with E-state index in [-0.39, 0.29) is 18.3 Å². The van der Waals surface area contributed by atoms with Crippen LogP contribution in [-0.2, 0) is 19.5 Å². The highest BCUT2D eigenvalue weighted by atomic mass is 35.5. The van der Waals surface area contributed by atoms with Crippen molar-refractivity contribution in [3.8, 4) is 22.1 Å². The Morgan fingerprint density at radius 1 is 0.974 bits per heavy atom. The maximum Gasteiger partial charge on any atom is 0.256 e. The number of amides is 1. The molecule has 6 nitrogen and oxygen atoms in total. The Balaban J connectivity index is 0.00000308. The summed E-state index contributed by atoms with van der Waals surface area (Å²) in [5, 5.41) is 4.99. The number of rotatable bonds is 7. The van der Waals surface area contributed by atoms with Crippen LogP contribution < -0.4 is 14.8 Å². The lowest BCUT2D eigenvalue weighted by atomic mass is 10.0. The van der Waals surface area contributed by atoms with E-state index in [4.69, 9.17) is 14.5 Å². The van der Waals surface area contributed by atoms with E-state index >= 15 is 0 Å². The summed E-state index contributed by atoms with van der Waals surface area (Å²) in [6, 6.07) is 24.0. The number of methoxy groups -OCH3 is 2. The van der Waals surface area contributed by atoms with Gasteiger partial charge in [-0.2, -0.15) is 0 Å². The van der Waals surface area contributed by atoms with Crippen molar-refractivity contribution in [1.29, 1.82) is 0 Å². The molecule has 1 N–H and O–H groups in total. The van der Waals surface area contributed by atoms with Crippen molar-refractivity contribution in [2.24, 2.45) is 0 Å². The third-order valence-electron chi connectivity index (χ3n) is 6.73. The minimum Gasteiger partial charge on any atom is -0.497 e. The molecular formula is C30H28ClN3O3S2. The molecule has 6 rings (SSSR count). The van der Waals surface area contributed by atoms with Gasteiger partial charge in [0.15, 0.2) is 0 Å². The van der Waals surface area contributed by atoms with E-state index in [0.717, 1.165) is 51.8 Å². The standard InChI is InChI=1S/C30H27N3O3S2.ClH/c1-35-21-14-20(15-22(16-21)36-2)28(34)32-30-27(29-31-24-10-6-7-11-25(24)37-29)23-12-13-33(18-26(23)38-30)17-19-8-4-3-5-9-19;/h3-11,14-16H,12-13,17-18H2,1-2H3,(H,32,34);1H. The molecular weight excluding hydrogens is 550 g/mol. The highest BCUT2D eigenvalue weighted by Crippen LogP contribution is 2.46. The quantitative estimate of drug-likeness (QED) is 0.220. The van der Waals surface area contributed by atoms with Gasteiger partial charge in [0.2, 0.25) is 0 Å². The molecule has 5 aromatic rings. The number of anilines is 1. The number of aromatic nitrogens is 1. The second-order valence-electron chi connectivity index (χ2n) is 9.20. The smallest absolute Gasteiger partial charge is 0.256 e. The monoisotopic (exact) mass is 577 g/mol. The summed E-state index contributed by atoms with van der Waals surface area (Å²) in [5.41, 5.74) is 5.10. The number of hydrogen-bond donors (Lipinski definition) is 1. The zero-order valence-corrected chi connectivity index (χ0v) is 24.1. The van der Waals surface area contributed by atoms with Gasteiger partial charge in [-0.3, -0.25) is 9.69 Å². The molecule has 1 amide bonds. The molecule has 0 fully saturated rings. The maximum absolute atomic E-state index is 13.5. The molecule has 3 aromatic carbocycles. The predicted molar refractivity (Wildman–Crippen MR) is 162 cm³/mol. The number of hydrogen-bond acceptors (Lipinski definition) is 7. The molecule has 39 heavy (non-hydrogen) atoms. The van der Waals surface area contributed by atoms with Crippen LogP contribution in [0, 0.1) is 0 Å². The SMILES string of the molecule is COc1cc(OC)cc(C(=O)Nc2sc3c(c2-c2nc4ccccc4s2)CCN(Cc2ccccc2)C3)c1.Cl. The highest BCUT2D eigenvalue weighted by Gasteiger charge is 2.28. The highest BCUT2D eigenvalue weighted by molar-refractivity contribution is 7.23. The van der Waals surface area contributed by atoms with Gasteiger partial charge >= 0.3 is 0 Å². The van der Waals surface area contributed by atoms with Crippen LogP contribution in [0.3, 0.4) is 0 Å². The molecule has 0 unspecified atom stereocenters. The Morgan fingerprint density at radius 3 is 2.41 bits per heavy atom. The van der Waals surface area contributed by atoms with E-state index in [1.54, 1.807) is 55.1 Å². The number of para-hydroxylation sites is 1. The van der Waals surface area contributed by atoms with E-state index in [1.165, 1.54) is 16.0 Å². The topological polar surface area (TPSA) is 63.7 Å². The number of fused-ring (bicyclic) bond motifs is 2. The minimum atomic E-state index is -0.204. The first kappa shape index (κ1) is 27.1. The van der Waals surface area contributed by atoms with Crippen molar-refractivity contribution >= 4 is 56.2 Å². The first-order chi connectivity index (χ1) is 18.6. The Labute approximate surface area is 241 Å². The van der Waals surface area contributed by atoms with E-state index in [9.17, 15) is 4.79 Å². The second-order valence-corrected chi connectivity index (χ2v) is 11.3. The van der Waals surface area contributed by atoms with Crippen molar-refractivity contribution in [2.75, 3.05) is 26.1 Å². The number of thiazole rings is 1. The third kappa shape index (κ3) is 5.65. The lowest BCUT2D eigenvalue weighted by Crippen LogP contribution is -2.29. The van der Waals surface area contributed by atoms with Crippen LogP contribution in [-0.4, -0.2) is 36.6 Å². The summed E-state index contributed by atoms with van der Waals surface area (Å²) >= 11 is 3.33. The molecule has 1 aliphatic heterocycles. The fourth-order valence-electron chi connectivity index (χ4n) is 4.84. The van der Waals surface area contributed by atoms with Crippen LogP contribution in [0.1, 0.15) is 26.4 Å². The van der Waals surface area contributed by atoms with Crippen molar-refractivity contribution in [3.05, 3.63) is 94.4 Å². The molecule has 0 bridgehead atoms. The molecule has 0 radical (unpaired) electrons. The Kier molecular flexibility index (Phi) is 8.18. The van der Waals surface area contributed by atoms with Gasteiger partial charge < -0.3 is 14.8 Å². The summed E-state index contributed by atoms with van der Waals surface area (Å²) in [6.07, 6.45) is 0.910. The van der Waals surface area contributed by atoms with Crippen LogP contribution in [0.25, 0.3) is 20.8 Å². The molecule has 2 aromatic heterocycles. The van der Waals surface area contributed by atoms with Crippen molar-refractivity contribution in [1.82, 2.24) is 9.88 Å². The van der Waals surface area contributed by atoms with E-state index in [0.29, 0.717) is 17.1 Å². The Hall–Kier alpha value is -3.43. The fourth-order valence-corrected chi connectivity index (χ4v) is 7.24. The van der Waals surface area contributed by atoms with Crippen LogP contribution in [0.2, 0.25) is 0 Å². The number of nitrogens with zero attached hydrogens (tertiary/aromatic N) is 2. The number of ether oxygens (including phenoxy) is 2. The van der Waals surface area contributed by atoms with Crippen molar-refractivity contribution in [2.45, 2.75) is 19.5 Å². The summed E-state index contributed by atoms with van der Waals surface area (Å²) in [4.78, 5) is 22.2. The number of benzene rings is 3.